The first-order valence-corrected chi connectivity index (χ1v) is 9.43. The van der Waals surface area contributed by atoms with Crippen LogP contribution in [0.15, 0.2) is 23.1 Å². The minimum atomic E-state index is -6.33. The van der Waals surface area contributed by atoms with Gasteiger partial charge in [0, 0.05) is 6.42 Å². The van der Waals surface area contributed by atoms with Gasteiger partial charge in [0.25, 0.3) is 10.1 Å². The van der Waals surface area contributed by atoms with Gasteiger partial charge in [0.05, 0.1) is 4.90 Å². The second-order valence-corrected chi connectivity index (χ2v) is 7.67. The summed E-state index contributed by atoms with van der Waals surface area (Å²) in [6, 6.07) is 4.23. The number of rotatable bonds is 9. The summed E-state index contributed by atoms with van der Waals surface area (Å²) in [4.78, 5) is -0.288. The van der Waals surface area contributed by atoms with Gasteiger partial charge in [-0.3, -0.25) is 4.55 Å². The van der Waals surface area contributed by atoms with Gasteiger partial charge in [-0.15, -0.1) is 0 Å². The van der Waals surface area contributed by atoms with Crippen LogP contribution in [0, 0.1) is 6.92 Å². The maximum absolute atomic E-state index is 13.1. The highest BCUT2D eigenvalue weighted by Gasteiger charge is 2.72. The molecule has 0 fully saturated rings. The molecule has 27 heavy (non-hydrogen) atoms. The lowest BCUT2D eigenvalue weighted by Crippen LogP contribution is -2.51. The smallest absolute Gasteiger partial charge is 0.282 e. The van der Waals surface area contributed by atoms with Crippen LogP contribution in [-0.2, 0) is 16.5 Å². The molecule has 0 aliphatic carbocycles. The standard InChI is InChI=1S/C16H19F7O3S/c1-11-7-8-13(27(24,25)26)12(10-11)6-4-2-3-5-9-14(17,18)15(19,20)16(21,22)23/h7-8,10H,2-6,9H2,1H3,(H,24,25,26). The molecule has 11 heteroatoms. The summed E-state index contributed by atoms with van der Waals surface area (Å²) in [5.41, 5.74) is 1.04. The Balaban J connectivity index is 2.54. The zero-order valence-electron chi connectivity index (χ0n) is 14.3. The first-order valence-electron chi connectivity index (χ1n) is 7.99. The zero-order chi connectivity index (χ0) is 21.1. The Morgan fingerprint density at radius 1 is 0.926 bits per heavy atom. The van der Waals surface area contributed by atoms with E-state index in [4.69, 9.17) is 4.55 Å². The van der Waals surface area contributed by atoms with Gasteiger partial charge in [0.15, 0.2) is 0 Å². The molecule has 1 aromatic carbocycles. The molecule has 156 valence electrons. The zero-order valence-corrected chi connectivity index (χ0v) is 15.1. The average Bonchev–Trinajstić information content (AvgIpc) is 2.48. The second-order valence-electron chi connectivity index (χ2n) is 6.28. The van der Waals surface area contributed by atoms with Crippen molar-refractivity contribution in [2.75, 3.05) is 0 Å². The van der Waals surface area contributed by atoms with Crippen molar-refractivity contribution < 1.29 is 43.7 Å². The third kappa shape index (κ3) is 6.06. The fraction of sp³-hybridized carbons (Fsp3) is 0.625. The summed E-state index contributed by atoms with van der Waals surface area (Å²) in [5.74, 6) is -11.3. The Labute approximate surface area is 152 Å². The number of alkyl halides is 7. The average molecular weight is 424 g/mol. The van der Waals surface area contributed by atoms with Crippen LogP contribution in [0.4, 0.5) is 30.7 Å². The van der Waals surface area contributed by atoms with Crippen molar-refractivity contribution in [2.45, 2.75) is 68.4 Å². The first kappa shape index (κ1) is 23.7. The van der Waals surface area contributed by atoms with Gasteiger partial charge in [0.2, 0.25) is 0 Å². The van der Waals surface area contributed by atoms with E-state index in [2.05, 4.69) is 0 Å². The summed E-state index contributed by atoms with van der Waals surface area (Å²) in [5, 5.41) is 0. The van der Waals surface area contributed by atoms with E-state index in [-0.39, 0.29) is 30.6 Å². The Morgan fingerprint density at radius 3 is 2.00 bits per heavy atom. The van der Waals surface area contributed by atoms with Crippen LogP contribution in [0.5, 0.6) is 0 Å². The Morgan fingerprint density at radius 2 is 1.48 bits per heavy atom. The fourth-order valence-corrected chi connectivity index (χ4v) is 3.27. The van der Waals surface area contributed by atoms with Crippen LogP contribution < -0.4 is 0 Å². The lowest BCUT2D eigenvalue weighted by molar-refractivity contribution is -0.355. The molecule has 0 spiro atoms. The Hall–Kier alpha value is -1.36. The topological polar surface area (TPSA) is 54.4 Å². The van der Waals surface area contributed by atoms with Gasteiger partial charge in [0.1, 0.15) is 0 Å². The monoisotopic (exact) mass is 424 g/mol. The molecule has 0 radical (unpaired) electrons. The van der Waals surface area contributed by atoms with Gasteiger partial charge < -0.3 is 0 Å². The van der Waals surface area contributed by atoms with E-state index in [9.17, 15) is 39.2 Å². The van der Waals surface area contributed by atoms with Crippen LogP contribution in [0.3, 0.4) is 0 Å². The summed E-state index contributed by atoms with van der Waals surface area (Å²) in [6.07, 6.45) is -7.84. The van der Waals surface area contributed by atoms with Gasteiger partial charge in [-0.05, 0) is 37.8 Å². The number of benzene rings is 1. The van der Waals surface area contributed by atoms with Crippen molar-refractivity contribution >= 4 is 10.1 Å². The molecule has 0 aliphatic heterocycles. The predicted octanol–water partition coefficient (Wildman–Crippen LogP) is 5.57. The molecule has 0 saturated carbocycles. The molecule has 0 aliphatic rings. The van der Waals surface area contributed by atoms with Crippen LogP contribution in [0.25, 0.3) is 0 Å². The Kier molecular flexibility index (Phi) is 7.31. The molecular formula is C16H19F7O3S. The number of unbranched alkanes of at least 4 members (excludes halogenated alkanes) is 3. The molecule has 3 nitrogen and oxygen atoms in total. The van der Waals surface area contributed by atoms with Gasteiger partial charge in [-0.2, -0.15) is 39.2 Å². The minimum absolute atomic E-state index is 0.0312. The Bertz CT molecular complexity index is 743. The number of halogens is 7. The minimum Gasteiger partial charge on any atom is -0.282 e. The number of aryl methyl sites for hydroxylation is 2. The highest BCUT2D eigenvalue weighted by molar-refractivity contribution is 7.85. The molecular weight excluding hydrogens is 405 g/mol. The van der Waals surface area contributed by atoms with Crippen molar-refractivity contribution in [3.63, 3.8) is 0 Å². The first-order chi connectivity index (χ1) is 12.1. The van der Waals surface area contributed by atoms with Crippen LogP contribution >= 0.6 is 0 Å². The molecule has 1 N–H and O–H groups in total. The summed E-state index contributed by atoms with van der Waals surface area (Å²) < 4.78 is 120. The van der Waals surface area contributed by atoms with E-state index in [0.717, 1.165) is 5.56 Å². The fourth-order valence-electron chi connectivity index (χ4n) is 2.54. The molecule has 0 bridgehead atoms. The molecule has 0 amide bonds. The van der Waals surface area contributed by atoms with Gasteiger partial charge in [-0.25, -0.2) is 0 Å². The molecule has 0 aromatic heterocycles. The largest absolute Gasteiger partial charge is 0.459 e. The van der Waals surface area contributed by atoms with Crippen LogP contribution in [-0.4, -0.2) is 31.0 Å². The number of hydrogen-bond donors (Lipinski definition) is 1. The maximum atomic E-state index is 13.1. The van der Waals surface area contributed by atoms with Crippen LogP contribution in [0.2, 0.25) is 0 Å². The lowest BCUT2D eigenvalue weighted by atomic mass is 10.0. The van der Waals surface area contributed by atoms with E-state index in [1.54, 1.807) is 6.92 Å². The normalized spacial score (nSPS) is 13.8. The molecule has 0 unspecified atom stereocenters. The molecule has 0 atom stereocenters. The molecule has 0 heterocycles. The van der Waals surface area contributed by atoms with Crippen molar-refractivity contribution in [1.82, 2.24) is 0 Å². The van der Waals surface area contributed by atoms with E-state index in [0.29, 0.717) is 5.56 Å². The van der Waals surface area contributed by atoms with Crippen molar-refractivity contribution in [2.24, 2.45) is 0 Å². The third-order valence-corrected chi connectivity index (χ3v) is 4.95. The maximum Gasteiger partial charge on any atom is 0.459 e. The van der Waals surface area contributed by atoms with Gasteiger partial charge in [-0.1, -0.05) is 30.5 Å². The lowest BCUT2D eigenvalue weighted by Gasteiger charge is -2.28. The molecule has 1 aromatic rings. The van der Waals surface area contributed by atoms with E-state index in [1.807, 2.05) is 0 Å². The highest BCUT2D eigenvalue weighted by atomic mass is 32.2. The van der Waals surface area contributed by atoms with E-state index in [1.165, 1.54) is 18.2 Å². The SMILES string of the molecule is Cc1ccc(S(=O)(=O)O)c(CCCCCCC(F)(F)C(F)(F)C(F)(F)F)c1. The summed E-state index contributed by atoms with van der Waals surface area (Å²) in [7, 11) is -4.44. The second kappa shape index (κ2) is 8.34. The van der Waals surface area contributed by atoms with Crippen LogP contribution in [0.1, 0.15) is 43.2 Å². The number of hydrogen-bond acceptors (Lipinski definition) is 2. The molecule has 0 saturated heterocycles. The predicted molar refractivity (Wildman–Crippen MR) is 83.7 cm³/mol. The van der Waals surface area contributed by atoms with E-state index < -0.39 is 41.0 Å². The van der Waals surface area contributed by atoms with Crippen molar-refractivity contribution in [3.8, 4) is 0 Å². The summed E-state index contributed by atoms with van der Waals surface area (Å²) >= 11 is 0. The van der Waals surface area contributed by atoms with Gasteiger partial charge >= 0.3 is 18.0 Å². The summed E-state index contributed by atoms with van der Waals surface area (Å²) in [6.45, 7) is 1.69. The molecule has 1 rings (SSSR count). The van der Waals surface area contributed by atoms with E-state index >= 15 is 0 Å². The third-order valence-electron chi connectivity index (χ3n) is 4.00. The van der Waals surface area contributed by atoms with Crippen molar-refractivity contribution in [1.29, 1.82) is 0 Å². The van der Waals surface area contributed by atoms with Crippen molar-refractivity contribution in [3.05, 3.63) is 29.3 Å². The highest BCUT2D eigenvalue weighted by Crippen LogP contribution is 2.48. The quantitative estimate of drug-likeness (QED) is 0.320.